The van der Waals surface area contributed by atoms with E-state index in [4.69, 9.17) is 11.6 Å². The number of carbonyl (C=O) groups is 1. The maximum Gasteiger partial charge on any atom is 0.225 e. The van der Waals surface area contributed by atoms with Crippen LogP contribution in [0.5, 0.6) is 0 Å². The molecule has 2 N–H and O–H groups in total. The molecule has 1 amide bonds. The molecule has 4 rings (SSSR count). The van der Waals surface area contributed by atoms with Gasteiger partial charge in [-0.05, 0) is 67.3 Å². The van der Waals surface area contributed by atoms with Crippen LogP contribution in [0.1, 0.15) is 42.4 Å². The lowest BCUT2D eigenvalue weighted by Crippen LogP contribution is -2.58. The van der Waals surface area contributed by atoms with Crippen LogP contribution in [-0.4, -0.2) is 50.1 Å². The number of nitrogens with zero attached hydrogens (tertiary/aromatic N) is 1. The molecule has 0 saturated carbocycles. The van der Waals surface area contributed by atoms with Gasteiger partial charge in [0.1, 0.15) is 11.6 Å². The number of rotatable bonds is 9. The molecule has 3 atom stereocenters. The van der Waals surface area contributed by atoms with Crippen LogP contribution in [0.15, 0.2) is 66.7 Å². The Kier molecular flexibility index (Phi) is 9.38. The number of amides is 1. The molecule has 1 saturated heterocycles. The Labute approximate surface area is 233 Å². The molecule has 39 heavy (non-hydrogen) atoms. The number of sulfonamides is 1. The Balaban J connectivity index is 1.53. The molecule has 0 aromatic heterocycles. The normalized spacial score (nSPS) is 19.0. The minimum atomic E-state index is -3.45. The van der Waals surface area contributed by atoms with E-state index in [1.807, 2.05) is 6.92 Å². The average molecular weight is 576 g/mol. The highest BCUT2D eigenvalue weighted by atomic mass is 35.5. The van der Waals surface area contributed by atoms with Gasteiger partial charge in [-0.15, -0.1) is 0 Å². The van der Waals surface area contributed by atoms with Gasteiger partial charge in [-0.2, -0.15) is 4.31 Å². The molecule has 3 aromatic rings. The highest BCUT2D eigenvalue weighted by Gasteiger charge is 2.34. The topological polar surface area (TPSA) is 78.5 Å². The lowest BCUT2D eigenvalue weighted by atomic mass is 9.88. The smallest absolute Gasteiger partial charge is 0.225 e. The van der Waals surface area contributed by atoms with Gasteiger partial charge in [-0.25, -0.2) is 17.2 Å². The third-order valence-electron chi connectivity index (χ3n) is 7.03. The van der Waals surface area contributed by atoms with Crippen molar-refractivity contribution in [2.24, 2.45) is 0 Å². The predicted molar refractivity (Wildman–Crippen MR) is 150 cm³/mol. The van der Waals surface area contributed by atoms with Gasteiger partial charge in [0.05, 0.1) is 6.26 Å². The van der Waals surface area contributed by atoms with Crippen molar-refractivity contribution in [1.29, 1.82) is 0 Å². The average Bonchev–Trinajstić information content (AvgIpc) is 2.87. The fourth-order valence-electron chi connectivity index (χ4n) is 5.30. The fourth-order valence-corrected chi connectivity index (χ4v) is 6.88. The van der Waals surface area contributed by atoms with Crippen LogP contribution in [0.3, 0.4) is 0 Å². The molecule has 1 aliphatic rings. The third-order valence-corrected chi connectivity index (χ3v) is 8.71. The molecule has 3 aromatic carbocycles. The van der Waals surface area contributed by atoms with Crippen LogP contribution in [0.2, 0.25) is 5.02 Å². The van der Waals surface area contributed by atoms with E-state index in [1.165, 1.54) is 34.8 Å². The molecule has 10 heteroatoms. The largest absolute Gasteiger partial charge is 0.326 e. The number of carbonyl (C=O) groups excluding carboxylic acids is 1. The van der Waals surface area contributed by atoms with Crippen molar-refractivity contribution in [1.82, 2.24) is 9.62 Å². The maximum absolute atomic E-state index is 15.0. The van der Waals surface area contributed by atoms with Gasteiger partial charge in [0.2, 0.25) is 15.9 Å². The van der Waals surface area contributed by atoms with Gasteiger partial charge in [0.25, 0.3) is 0 Å². The number of benzene rings is 3. The highest BCUT2D eigenvalue weighted by molar-refractivity contribution is 7.88. The van der Waals surface area contributed by atoms with Crippen molar-refractivity contribution in [2.45, 2.75) is 44.2 Å². The van der Waals surface area contributed by atoms with Crippen LogP contribution < -0.4 is 10.6 Å². The summed E-state index contributed by atoms with van der Waals surface area (Å²) in [6.45, 7) is 2.85. The summed E-state index contributed by atoms with van der Waals surface area (Å²) in [4.78, 5) is 13.3. The van der Waals surface area contributed by atoms with E-state index in [2.05, 4.69) is 10.6 Å². The number of hydrogen-bond acceptors (Lipinski definition) is 4. The van der Waals surface area contributed by atoms with Gasteiger partial charge in [0.15, 0.2) is 0 Å². The van der Waals surface area contributed by atoms with Crippen molar-refractivity contribution in [2.75, 3.05) is 24.7 Å². The lowest BCUT2D eigenvalue weighted by molar-refractivity contribution is -0.116. The molecule has 1 fully saturated rings. The summed E-state index contributed by atoms with van der Waals surface area (Å²) in [6.07, 6.45) is 1.79. The van der Waals surface area contributed by atoms with E-state index in [1.54, 1.807) is 42.5 Å². The number of piperazine rings is 1. The van der Waals surface area contributed by atoms with E-state index < -0.39 is 27.6 Å². The summed E-state index contributed by atoms with van der Waals surface area (Å²) >= 11 is 6.05. The fraction of sp³-hybridized carbons (Fsp3) is 0.345. The molecule has 0 bridgehead atoms. The Morgan fingerprint density at radius 3 is 2.49 bits per heavy atom. The van der Waals surface area contributed by atoms with Crippen LogP contribution in [0, 0.1) is 11.6 Å². The predicted octanol–water partition coefficient (Wildman–Crippen LogP) is 5.33. The second kappa shape index (κ2) is 12.6. The van der Waals surface area contributed by atoms with Gasteiger partial charge in [-0.1, -0.05) is 41.9 Å². The summed E-state index contributed by atoms with van der Waals surface area (Å²) in [6, 6.07) is 17.0. The molecule has 1 heterocycles. The summed E-state index contributed by atoms with van der Waals surface area (Å²) < 4.78 is 55.3. The van der Waals surface area contributed by atoms with Crippen molar-refractivity contribution >= 4 is 33.2 Å². The van der Waals surface area contributed by atoms with E-state index in [0.29, 0.717) is 41.3 Å². The van der Waals surface area contributed by atoms with E-state index >= 15 is 0 Å². The molecular weight excluding hydrogens is 544 g/mol. The van der Waals surface area contributed by atoms with Crippen molar-refractivity contribution in [3.63, 3.8) is 0 Å². The Bertz CT molecular complexity index is 1420. The summed E-state index contributed by atoms with van der Waals surface area (Å²) in [5.41, 5.74) is 2.06. The Morgan fingerprint density at radius 1 is 1.08 bits per heavy atom. The molecule has 0 aliphatic carbocycles. The van der Waals surface area contributed by atoms with Crippen LogP contribution in [0.25, 0.3) is 0 Å². The van der Waals surface area contributed by atoms with Crippen LogP contribution >= 0.6 is 11.6 Å². The third kappa shape index (κ3) is 7.42. The molecule has 0 radical (unpaired) electrons. The molecule has 208 valence electrons. The summed E-state index contributed by atoms with van der Waals surface area (Å²) in [7, 11) is -3.45. The number of nitrogens with one attached hydrogen (secondary N) is 2. The molecular formula is C29H32ClF2N3O3S. The minimum Gasteiger partial charge on any atom is -0.326 e. The summed E-state index contributed by atoms with van der Waals surface area (Å²) in [5, 5.41) is 6.62. The van der Waals surface area contributed by atoms with Crippen molar-refractivity contribution < 1.29 is 22.0 Å². The van der Waals surface area contributed by atoms with E-state index in [-0.39, 0.29) is 30.8 Å². The first-order chi connectivity index (χ1) is 18.5. The van der Waals surface area contributed by atoms with Gasteiger partial charge < -0.3 is 10.6 Å². The zero-order valence-corrected chi connectivity index (χ0v) is 23.4. The highest BCUT2D eigenvalue weighted by Crippen LogP contribution is 2.31. The SMILES string of the molecule is CC1CNCC(CCc2c(F)cccc2NC(=O)CC(c2ccc(Cl)cc2)c2cccc(F)c2)N1S(C)(=O)=O. The van der Waals surface area contributed by atoms with Crippen molar-refractivity contribution in [3.8, 4) is 0 Å². The zero-order valence-electron chi connectivity index (χ0n) is 21.8. The molecule has 6 nitrogen and oxygen atoms in total. The van der Waals surface area contributed by atoms with E-state index in [0.717, 1.165) is 5.56 Å². The first kappa shape index (κ1) is 29.1. The van der Waals surface area contributed by atoms with Gasteiger partial charge in [0, 0.05) is 53.8 Å². The monoisotopic (exact) mass is 575 g/mol. The standard InChI is InChI=1S/C29H32ClF2N3O3S/c1-19-17-33-18-24(35(19)39(2,37)38)13-14-25-27(32)7-4-8-28(25)34-29(36)16-26(20-9-11-22(30)12-10-20)21-5-3-6-23(31)15-21/h3-12,15,19,24,26,33H,13-14,16-18H2,1-2H3,(H,34,36). The zero-order chi connectivity index (χ0) is 28.2. The van der Waals surface area contributed by atoms with Gasteiger partial charge >= 0.3 is 0 Å². The van der Waals surface area contributed by atoms with Crippen LogP contribution in [0.4, 0.5) is 14.5 Å². The Hall–Kier alpha value is -2.85. The minimum absolute atomic E-state index is 0.00699. The number of halogens is 3. The number of hydrogen-bond donors (Lipinski definition) is 2. The number of anilines is 1. The second-order valence-corrected chi connectivity index (χ2v) is 12.3. The molecule has 0 spiro atoms. The molecule has 1 aliphatic heterocycles. The lowest BCUT2D eigenvalue weighted by Gasteiger charge is -2.39. The van der Waals surface area contributed by atoms with E-state index in [9.17, 15) is 22.0 Å². The summed E-state index contributed by atoms with van der Waals surface area (Å²) in [5.74, 6) is -1.70. The Morgan fingerprint density at radius 2 is 1.79 bits per heavy atom. The van der Waals surface area contributed by atoms with Crippen molar-refractivity contribution in [3.05, 3.63) is 100 Å². The maximum atomic E-state index is 15.0. The van der Waals surface area contributed by atoms with Gasteiger partial charge in [-0.3, -0.25) is 4.79 Å². The second-order valence-electron chi connectivity index (χ2n) is 9.97. The first-order valence-corrected chi connectivity index (χ1v) is 15.0. The van der Waals surface area contributed by atoms with Crippen LogP contribution in [-0.2, 0) is 21.2 Å². The molecule has 3 unspecified atom stereocenters. The first-order valence-electron chi connectivity index (χ1n) is 12.8. The quantitative estimate of drug-likeness (QED) is 0.361.